The van der Waals surface area contributed by atoms with Crippen LogP contribution in [-0.4, -0.2) is 34.4 Å². The number of thiazole rings is 1. The number of nitrogens with zero attached hydrogens (tertiary/aromatic N) is 3. The summed E-state index contributed by atoms with van der Waals surface area (Å²) in [7, 11) is 1.63. The van der Waals surface area contributed by atoms with Crippen molar-refractivity contribution in [3.8, 4) is 16.6 Å². The zero-order valence-corrected chi connectivity index (χ0v) is 18.1. The van der Waals surface area contributed by atoms with Gasteiger partial charge in [0.25, 0.3) is 0 Å². The van der Waals surface area contributed by atoms with Crippen molar-refractivity contribution in [2.45, 2.75) is 25.7 Å². The average Bonchev–Trinajstić information content (AvgIpc) is 3.40. The number of fused-ring (bicyclic) bond motifs is 2. The van der Waals surface area contributed by atoms with E-state index in [1.807, 2.05) is 48.7 Å². The highest BCUT2D eigenvalue weighted by atomic mass is 32.1. The average molecular weight is 435 g/mol. The molecule has 1 N–H and O–H groups in total. The Morgan fingerprint density at radius 2 is 2.06 bits per heavy atom. The molecular weight excluding hydrogens is 412 g/mol. The molecule has 0 bridgehead atoms. The second-order valence-corrected chi connectivity index (χ2v) is 8.37. The molecule has 158 valence electrons. The Labute approximate surface area is 183 Å². The van der Waals surface area contributed by atoms with Gasteiger partial charge in [0.15, 0.2) is 11.5 Å². The molecule has 5 rings (SSSR count). The zero-order chi connectivity index (χ0) is 21.4. The molecule has 3 heterocycles. The molecule has 2 aromatic carbocycles. The summed E-state index contributed by atoms with van der Waals surface area (Å²) in [6, 6.07) is 13.8. The Bertz CT molecular complexity index is 1230. The van der Waals surface area contributed by atoms with Gasteiger partial charge in [-0.2, -0.15) is 9.78 Å². The van der Waals surface area contributed by atoms with Crippen LogP contribution in [-0.2, 0) is 4.79 Å². The van der Waals surface area contributed by atoms with Crippen molar-refractivity contribution in [1.82, 2.24) is 14.8 Å². The Kier molecular flexibility index (Phi) is 5.07. The van der Waals surface area contributed by atoms with Crippen LogP contribution in [0.3, 0.4) is 0 Å². The smallest absolute Gasteiger partial charge is 0.226 e. The van der Waals surface area contributed by atoms with Gasteiger partial charge in [-0.05, 0) is 24.6 Å². The van der Waals surface area contributed by atoms with Gasteiger partial charge in [-0.15, -0.1) is 0 Å². The molecule has 7 nitrogen and oxygen atoms in total. The van der Waals surface area contributed by atoms with Crippen molar-refractivity contribution < 1.29 is 14.3 Å². The molecule has 0 spiro atoms. The number of rotatable bonds is 6. The van der Waals surface area contributed by atoms with Crippen LogP contribution in [0.25, 0.3) is 15.3 Å². The van der Waals surface area contributed by atoms with E-state index in [0.717, 1.165) is 32.9 Å². The maximum atomic E-state index is 12.7. The normalized spacial score (nSPS) is 15.5. The summed E-state index contributed by atoms with van der Waals surface area (Å²) in [6.45, 7) is 2.63. The Morgan fingerprint density at radius 1 is 1.19 bits per heavy atom. The molecule has 0 fully saturated rings. The molecule has 1 aliphatic heterocycles. The molecule has 1 amide bonds. The van der Waals surface area contributed by atoms with Gasteiger partial charge in [0, 0.05) is 23.5 Å². The van der Waals surface area contributed by atoms with Gasteiger partial charge in [0.2, 0.25) is 11.0 Å². The van der Waals surface area contributed by atoms with Crippen molar-refractivity contribution in [3.63, 3.8) is 0 Å². The molecule has 0 saturated heterocycles. The summed E-state index contributed by atoms with van der Waals surface area (Å²) >= 11 is 1.54. The number of nitrogens with one attached hydrogen (secondary N) is 1. The highest BCUT2D eigenvalue weighted by Gasteiger charge is 2.33. The standard InChI is InChI=1S/C23H22N4O3S/c1-3-11-30-21-14(7-6-9-18(21)29-2)15-12-20(28)26-22-16(15)13-24-27(22)23-25-17-8-4-5-10-19(17)31-23/h4-10,13,15H,3,11-12H2,1-2H3,(H,26,28)/t15-/m0/s1. The van der Waals surface area contributed by atoms with Crippen LogP contribution in [0.4, 0.5) is 5.82 Å². The topological polar surface area (TPSA) is 78.3 Å². The molecule has 0 aliphatic carbocycles. The lowest BCUT2D eigenvalue weighted by atomic mass is 9.86. The van der Waals surface area contributed by atoms with E-state index in [9.17, 15) is 4.79 Å². The molecule has 0 unspecified atom stereocenters. The Hall–Kier alpha value is -3.39. The van der Waals surface area contributed by atoms with E-state index in [1.165, 1.54) is 11.3 Å². The van der Waals surface area contributed by atoms with Gasteiger partial charge in [-0.1, -0.05) is 42.5 Å². The van der Waals surface area contributed by atoms with Gasteiger partial charge in [0.1, 0.15) is 5.82 Å². The van der Waals surface area contributed by atoms with Gasteiger partial charge in [-0.3, -0.25) is 4.79 Å². The number of benzene rings is 2. The summed E-state index contributed by atoms with van der Waals surface area (Å²) in [4.78, 5) is 17.4. The predicted octanol–water partition coefficient (Wildman–Crippen LogP) is 4.75. The monoisotopic (exact) mass is 434 g/mol. The van der Waals surface area contributed by atoms with Gasteiger partial charge < -0.3 is 14.8 Å². The van der Waals surface area contributed by atoms with Crippen LogP contribution in [0.5, 0.6) is 11.5 Å². The number of carbonyl (C=O) groups is 1. The molecule has 1 aliphatic rings. The highest BCUT2D eigenvalue weighted by Crippen LogP contribution is 2.44. The van der Waals surface area contributed by atoms with Gasteiger partial charge in [-0.25, -0.2) is 4.98 Å². The maximum Gasteiger partial charge on any atom is 0.226 e. The second-order valence-electron chi connectivity index (χ2n) is 7.36. The van der Waals surface area contributed by atoms with Crippen LogP contribution in [0, 0.1) is 0 Å². The first-order chi connectivity index (χ1) is 15.2. The molecular formula is C23H22N4O3S. The van der Waals surface area contributed by atoms with E-state index in [-0.39, 0.29) is 11.8 Å². The highest BCUT2D eigenvalue weighted by molar-refractivity contribution is 7.20. The van der Waals surface area contributed by atoms with Crippen LogP contribution in [0.2, 0.25) is 0 Å². The molecule has 1 atom stereocenters. The minimum absolute atomic E-state index is 0.0652. The van der Waals surface area contributed by atoms with Crippen molar-refractivity contribution >= 4 is 33.3 Å². The fourth-order valence-corrected chi connectivity index (χ4v) is 4.85. The van der Waals surface area contributed by atoms with E-state index in [1.54, 1.807) is 11.8 Å². The number of aromatic nitrogens is 3. The minimum Gasteiger partial charge on any atom is -0.493 e. The summed E-state index contributed by atoms with van der Waals surface area (Å²) in [5, 5.41) is 8.30. The third-order valence-corrected chi connectivity index (χ3v) is 6.35. The number of methoxy groups -OCH3 is 1. The Morgan fingerprint density at radius 3 is 2.87 bits per heavy atom. The number of amides is 1. The van der Waals surface area contributed by atoms with Gasteiger partial charge in [0.05, 0.1) is 30.1 Å². The first-order valence-corrected chi connectivity index (χ1v) is 11.0. The molecule has 8 heteroatoms. The lowest BCUT2D eigenvalue weighted by Gasteiger charge is -2.25. The van der Waals surface area contributed by atoms with E-state index in [4.69, 9.17) is 14.5 Å². The number of carbonyl (C=O) groups excluding carboxylic acids is 1. The minimum atomic E-state index is -0.186. The van der Waals surface area contributed by atoms with Crippen LogP contribution in [0.15, 0.2) is 48.7 Å². The lowest BCUT2D eigenvalue weighted by Crippen LogP contribution is -2.25. The quantitative estimate of drug-likeness (QED) is 0.474. The maximum absolute atomic E-state index is 12.7. The largest absolute Gasteiger partial charge is 0.493 e. The second kappa shape index (κ2) is 8.03. The summed E-state index contributed by atoms with van der Waals surface area (Å²) in [6.07, 6.45) is 3.01. The first kappa shape index (κ1) is 19.6. The van der Waals surface area contributed by atoms with E-state index < -0.39 is 0 Å². The molecule has 0 saturated carbocycles. The number of hydrogen-bond acceptors (Lipinski definition) is 6. The lowest BCUT2D eigenvalue weighted by molar-refractivity contribution is -0.116. The van der Waals surface area contributed by atoms with Gasteiger partial charge >= 0.3 is 0 Å². The third-order valence-electron chi connectivity index (χ3n) is 5.34. The summed E-state index contributed by atoms with van der Waals surface area (Å²) < 4.78 is 14.4. The molecule has 0 radical (unpaired) electrons. The van der Waals surface area contributed by atoms with Crippen molar-refractivity contribution in [2.75, 3.05) is 19.0 Å². The zero-order valence-electron chi connectivity index (χ0n) is 17.3. The third kappa shape index (κ3) is 3.42. The van der Waals surface area contributed by atoms with Crippen LogP contribution >= 0.6 is 11.3 Å². The van der Waals surface area contributed by atoms with Crippen LogP contribution < -0.4 is 14.8 Å². The number of para-hydroxylation sites is 2. The molecule has 4 aromatic rings. The summed E-state index contributed by atoms with van der Waals surface area (Å²) in [5.41, 5.74) is 2.77. The van der Waals surface area contributed by atoms with Crippen molar-refractivity contribution in [2.24, 2.45) is 0 Å². The number of hydrogen-bond donors (Lipinski definition) is 1. The SMILES string of the molecule is CCCOc1c(OC)cccc1[C@@H]1CC(=O)Nc2c1cnn2-c1nc2ccccc2s1. The van der Waals surface area contributed by atoms with Crippen LogP contribution in [0.1, 0.15) is 36.8 Å². The van der Waals surface area contributed by atoms with E-state index >= 15 is 0 Å². The van der Waals surface area contributed by atoms with Crippen molar-refractivity contribution in [3.05, 3.63) is 59.8 Å². The fourth-order valence-electron chi connectivity index (χ4n) is 3.92. The predicted molar refractivity (Wildman–Crippen MR) is 121 cm³/mol. The molecule has 31 heavy (non-hydrogen) atoms. The van der Waals surface area contributed by atoms with E-state index in [2.05, 4.69) is 17.3 Å². The summed E-state index contributed by atoms with van der Waals surface area (Å²) in [5.74, 6) is 1.75. The van der Waals surface area contributed by atoms with E-state index in [0.29, 0.717) is 30.3 Å². The number of anilines is 1. The first-order valence-electron chi connectivity index (χ1n) is 10.2. The fraction of sp³-hybridized carbons (Fsp3) is 0.261. The number of ether oxygens (including phenoxy) is 2. The Balaban J connectivity index is 1.61. The molecule has 2 aromatic heterocycles. The van der Waals surface area contributed by atoms with Crippen molar-refractivity contribution in [1.29, 1.82) is 0 Å².